The standard InChI is InChI=1S/C13H14N2O4S/c1-17-12-5-9(13(16)15-18-2)3-4-11(12)19-6-10-7-20-8-14-10/h3-5,7-8H,6H2,1-2H3,(H,15,16). The lowest BCUT2D eigenvalue weighted by Gasteiger charge is -2.11. The van der Waals surface area contributed by atoms with Crippen LogP contribution in [0.1, 0.15) is 16.1 Å². The lowest BCUT2D eigenvalue weighted by molar-refractivity contribution is 0.0537. The van der Waals surface area contributed by atoms with Gasteiger partial charge in [0.1, 0.15) is 6.61 Å². The highest BCUT2D eigenvalue weighted by molar-refractivity contribution is 7.07. The first-order valence-corrected chi connectivity index (χ1v) is 6.70. The fourth-order valence-corrected chi connectivity index (χ4v) is 2.08. The van der Waals surface area contributed by atoms with Crippen molar-refractivity contribution in [3.63, 3.8) is 0 Å². The van der Waals surface area contributed by atoms with Gasteiger partial charge in [0.25, 0.3) is 5.91 Å². The zero-order valence-corrected chi connectivity index (χ0v) is 11.9. The summed E-state index contributed by atoms with van der Waals surface area (Å²) >= 11 is 1.51. The van der Waals surface area contributed by atoms with Crippen LogP contribution in [0.4, 0.5) is 0 Å². The van der Waals surface area contributed by atoms with Gasteiger partial charge in [-0.1, -0.05) is 0 Å². The number of carbonyl (C=O) groups excluding carboxylic acids is 1. The Balaban J connectivity index is 2.11. The summed E-state index contributed by atoms with van der Waals surface area (Å²) in [6.45, 7) is 0.351. The first kappa shape index (κ1) is 14.3. The Morgan fingerprint density at radius 2 is 2.20 bits per heavy atom. The SMILES string of the molecule is CONC(=O)c1ccc(OCc2cscn2)c(OC)c1. The zero-order chi connectivity index (χ0) is 14.4. The predicted octanol–water partition coefficient (Wildman–Crippen LogP) is 2.02. The summed E-state index contributed by atoms with van der Waals surface area (Å²) in [6, 6.07) is 4.90. The molecule has 1 aromatic heterocycles. The molecule has 0 saturated heterocycles. The molecule has 0 aliphatic rings. The number of hydroxylamine groups is 1. The highest BCUT2D eigenvalue weighted by Crippen LogP contribution is 2.28. The Morgan fingerprint density at radius 3 is 2.85 bits per heavy atom. The number of methoxy groups -OCH3 is 1. The summed E-state index contributed by atoms with van der Waals surface area (Å²) in [5.74, 6) is 0.676. The Morgan fingerprint density at radius 1 is 1.35 bits per heavy atom. The number of ether oxygens (including phenoxy) is 2. The number of thiazole rings is 1. The van der Waals surface area contributed by atoms with Crippen LogP contribution in [-0.4, -0.2) is 25.1 Å². The summed E-state index contributed by atoms with van der Waals surface area (Å²) in [5.41, 5.74) is 5.25. The van der Waals surface area contributed by atoms with Crippen molar-refractivity contribution >= 4 is 17.2 Å². The fourth-order valence-electron chi connectivity index (χ4n) is 1.54. The Kier molecular flexibility index (Phi) is 4.91. The van der Waals surface area contributed by atoms with Crippen LogP contribution < -0.4 is 15.0 Å². The third-order valence-electron chi connectivity index (χ3n) is 2.48. The molecule has 20 heavy (non-hydrogen) atoms. The normalized spacial score (nSPS) is 10.1. The van der Waals surface area contributed by atoms with Gasteiger partial charge in [0.2, 0.25) is 0 Å². The second kappa shape index (κ2) is 6.88. The van der Waals surface area contributed by atoms with Gasteiger partial charge >= 0.3 is 0 Å². The number of nitrogens with one attached hydrogen (secondary N) is 1. The van der Waals surface area contributed by atoms with E-state index in [4.69, 9.17) is 9.47 Å². The first-order chi connectivity index (χ1) is 9.74. The molecule has 0 aliphatic carbocycles. The molecule has 1 amide bonds. The monoisotopic (exact) mass is 294 g/mol. The molecule has 2 aromatic rings. The molecule has 7 heteroatoms. The van der Waals surface area contributed by atoms with E-state index in [1.807, 2.05) is 5.38 Å². The summed E-state index contributed by atoms with van der Waals surface area (Å²) in [5, 5.41) is 1.91. The summed E-state index contributed by atoms with van der Waals surface area (Å²) in [7, 11) is 2.89. The highest BCUT2D eigenvalue weighted by atomic mass is 32.1. The van der Waals surface area contributed by atoms with Crippen molar-refractivity contribution in [3.8, 4) is 11.5 Å². The van der Waals surface area contributed by atoms with Gasteiger partial charge < -0.3 is 9.47 Å². The minimum atomic E-state index is -0.350. The number of rotatable bonds is 6. The maximum atomic E-state index is 11.6. The van der Waals surface area contributed by atoms with Crippen molar-refractivity contribution < 1.29 is 19.1 Å². The number of hydrogen-bond donors (Lipinski definition) is 1. The van der Waals surface area contributed by atoms with E-state index in [0.29, 0.717) is 23.7 Å². The van der Waals surface area contributed by atoms with Crippen molar-refractivity contribution in [1.82, 2.24) is 10.5 Å². The molecule has 0 atom stereocenters. The van der Waals surface area contributed by atoms with Gasteiger partial charge in [-0.3, -0.25) is 9.63 Å². The van der Waals surface area contributed by atoms with Crippen molar-refractivity contribution in [3.05, 3.63) is 40.3 Å². The molecule has 0 radical (unpaired) electrons. The van der Waals surface area contributed by atoms with Crippen molar-refractivity contribution in [1.29, 1.82) is 0 Å². The largest absolute Gasteiger partial charge is 0.493 e. The van der Waals surface area contributed by atoms with Gasteiger partial charge in [-0.05, 0) is 18.2 Å². The Bertz CT molecular complexity index is 572. The van der Waals surface area contributed by atoms with E-state index >= 15 is 0 Å². The number of carbonyl (C=O) groups is 1. The average Bonchev–Trinajstić information content (AvgIpc) is 2.98. The van der Waals surface area contributed by atoms with Crippen LogP contribution >= 0.6 is 11.3 Å². The third kappa shape index (κ3) is 3.46. The minimum Gasteiger partial charge on any atom is -0.493 e. The molecule has 106 valence electrons. The Labute approximate surface area is 120 Å². The quantitative estimate of drug-likeness (QED) is 0.825. The number of hydrogen-bond acceptors (Lipinski definition) is 6. The molecule has 1 heterocycles. The maximum Gasteiger partial charge on any atom is 0.274 e. The number of aromatic nitrogens is 1. The van der Waals surface area contributed by atoms with Crippen LogP contribution in [0.3, 0.4) is 0 Å². The zero-order valence-electron chi connectivity index (χ0n) is 11.1. The second-order valence-electron chi connectivity index (χ2n) is 3.77. The van der Waals surface area contributed by atoms with Gasteiger partial charge in [0.15, 0.2) is 11.5 Å². The van der Waals surface area contributed by atoms with Gasteiger partial charge in [0, 0.05) is 10.9 Å². The van der Waals surface area contributed by atoms with Crippen LogP contribution in [0.25, 0.3) is 0 Å². The smallest absolute Gasteiger partial charge is 0.274 e. The van der Waals surface area contributed by atoms with E-state index in [2.05, 4.69) is 15.3 Å². The summed E-state index contributed by atoms with van der Waals surface area (Å²) in [6.07, 6.45) is 0. The molecule has 0 spiro atoms. The average molecular weight is 294 g/mol. The fraction of sp³-hybridized carbons (Fsp3) is 0.231. The predicted molar refractivity (Wildman–Crippen MR) is 73.9 cm³/mol. The van der Waals surface area contributed by atoms with Crippen LogP contribution in [0.15, 0.2) is 29.1 Å². The number of amides is 1. The second-order valence-corrected chi connectivity index (χ2v) is 4.49. The topological polar surface area (TPSA) is 69.7 Å². The van der Waals surface area contributed by atoms with E-state index in [1.165, 1.54) is 25.6 Å². The van der Waals surface area contributed by atoms with E-state index < -0.39 is 0 Å². The van der Waals surface area contributed by atoms with Crippen molar-refractivity contribution in [2.75, 3.05) is 14.2 Å². The molecule has 1 aromatic carbocycles. The van der Waals surface area contributed by atoms with Crippen molar-refractivity contribution in [2.24, 2.45) is 0 Å². The Hall–Kier alpha value is -2.12. The van der Waals surface area contributed by atoms with Crippen LogP contribution in [-0.2, 0) is 11.4 Å². The van der Waals surface area contributed by atoms with Gasteiger partial charge in [-0.2, -0.15) is 0 Å². The van der Waals surface area contributed by atoms with Crippen LogP contribution in [0.5, 0.6) is 11.5 Å². The maximum absolute atomic E-state index is 11.6. The van der Waals surface area contributed by atoms with Crippen LogP contribution in [0.2, 0.25) is 0 Å². The van der Waals surface area contributed by atoms with E-state index in [1.54, 1.807) is 23.7 Å². The number of nitrogens with zero attached hydrogens (tertiary/aromatic N) is 1. The van der Waals surface area contributed by atoms with Gasteiger partial charge in [0.05, 0.1) is 25.4 Å². The van der Waals surface area contributed by atoms with E-state index in [0.717, 1.165) is 5.69 Å². The molecule has 0 aliphatic heterocycles. The number of benzene rings is 1. The molecule has 0 saturated carbocycles. The molecule has 2 rings (SSSR count). The molecule has 1 N–H and O–H groups in total. The lowest BCUT2D eigenvalue weighted by Crippen LogP contribution is -2.21. The van der Waals surface area contributed by atoms with Crippen molar-refractivity contribution in [2.45, 2.75) is 6.61 Å². The molecular formula is C13H14N2O4S. The molecule has 0 unspecified atom stereocenters. The summed E-state index contributed by atoms with van der Waals surface area (Å²) < 4.78 is 10.8. The van der Waals surface area contributed by atoms with Gasteiger partial charge in [-0.15, -0.1) is 11.3 Å². The lowest BCUT2D eigenvalue weighted by atomic mass is 10.2. The van der Waals surface area contributed by atoms with Crippen LogP contribution in [0, 0.1) is 0 Å². The molecule has 0 bridgehead atoms. The van der Waals surface area contributed by atoms with E-state index in [-0.39, 0.29) is 5.91 Å². The third-order valence-corrected chi connectivity index (χ3v) is 3.11. The molecule has 6 nitrogen and oxygen atoms in total. The molecule has 0 fully saturated rings. The highest BCUT2D eigenvalue weighted by Gasteiger charge is 2.11. The minimum absolute atomic E-state index is 0.350. The van der Waals surface area contributed by atoms with E-state index in [9.17, 15) is 4.79 Å². The summed E-state index contributed by atoms with van der Waals surface area (Å²) in [4.78, 5) is 20.3. The van der Waals surface area contributed by atoms with Gasteiger partial charge in [-0.25, -0.2) is 10.5 Å². The first-order valence-electron chi connectivity index (χ1n) is 5.76. The molecular weight excluding hydrogens is 280 g/mol.